The number of nitrogens with one attached hydrogen (secondary N) is 1. The quantitative estimate of drug-likeness (QED) is 0.689. The highest BCUT2D eigenvalue weighted by atomic mass is 16.7. The van der Waals surface area contributed by atoms with Crippen LogP contribution in [0.2, 0.25) is 0 Å². The van der Waals surface area contributed by atoms with Crippen LogP contribution in [0.5, 0.6) is 0 Å². The van der Waals surface area contributed by atoms with E-state index in [1.807, 2.05) is 0 Å². The van der Waals surface area contributed by atoms with Crippen LogP contribution in [0.1, 0.15) is 39.0 Å². The summed E-state index contributed by atoms with van der Waals surface area (Å²) in [4.78, 5) is 0. The molecule has 0 heterocycles. The monoisotopic (exact) mass is 201 g/mol. The van der Waals surface area contributed by atoms with Gasteiger partial charge in [0.25, 0.3) is 0 Å². The molecule has 0 amide bonds. The maximum absolute atomic E-state index is 5.15. The van der Waals surface area contributed by atoms with Crippen molar-refractivity contribution < 1.29 is 9.47 Å². The van der Waals surface area contributed by atoms with Crippen molar-refractivity contribution in [1.82, 2.24) is 5.32 Å². The molecule has 0 aromatic rings. The SMILES string of the molecule is COC(CNC1(C)CCCCC1)OC. The number of rotatable bonds is 5. The highest BCUT2D eigenvalue weighted by Crippen LogP contribution is 2.27. The summed E-state index contributed by atoms with van der Waals surface area (Å²) in [6.45, 7) is 3.08. The van der Waals surface area contributed by atoms with Crippen LogP contribution in [-0.4, -0.2) is 32.6 Å². The van der Waals surface area contributed by atoms with Crippen LogP contribution in [0.15, 0.2) is 0 Å². The number of ether oxygens (including phenoxy) is 2. The van der Waals surface area contributed by atoms with Gasteiger partial charge in [0.05, 0.1) is 0 Å². The minimum Gasteiger partial charge on any atom is -0.355 e. The summed E-state index contributed by atoms with van der Waals surface area (Å²) in [7, 11) is 3.36. The molecule has 3 nitrogen and oxygen atoms in total. The Labute approximate surface area is 87.2 Å². The molecular weight excluding hydrogens is 178 g/mol. The van der Waals surface area contributed by atoms with Gasteiger partial charge < -0.3 is 14.8 Å². The third kappa shape index (κ3) is 3.56. The second-order valence-corrected chi connectivity index (χ2v) is 4.40. The largest absolute Gasteiger partial charge is 0.355 e. The van der Waals surface area contributed by atoms with Gasteiger partial charge in [-0.2, -0.15) is 0 Å². The average Bonchev–Trinajstić information content (AvgIpc) is 2.20. The molecule has 1 aliphatic rings. The third-order valence-corrected chi connectivity index (χ3v) is 3.18. The van der Waals surface area contributed by atoms with Crippen LogP contribution in [0, 0.1) is 0 Å². The molecule has 0 spiro atoms. The van der Waals surface area contributed by atoms with Crippen LogP contribution >= 0.6 is 0 Å². The Kier molecular flexibility index (Phi) is 4.85. The van der Waals surface area contributed by atoms with E-state index in [0.29, 0.717) is 5.54 Å². The number of hydrogen-bond donors (Lipinski definition) is 1. The fraction of sp³-hybridized carbons (Fsp3) is 1.00. The molecule has 1 N–H and O–H groups in total. The van der Waals surface area contributed by atoms with Crippen LogP contribution in [0.3, 0.4) is 0 Å². The van der Waals surface area contributed by atoms with Crippen molar-refractivity contribution in [2.75, 3.05) is 20.8 Å². The Morgan fingerprint density at radius 1 is 1.14 bits per heavy atom. The summed E-state index contributed by atoms with van der Waals surface area (Å²) in [5.41, 5.74) is 0.299. The molecule has 0 aromatic heterocycles. The van der Waals surface area contributed by atoms with Gasteiger partial charge in [-0.15, -0.1) is 0 Å². The summed E-state index contributed by atoms with van der Waals surface area (Å²) in [5, 5.41) is 3.55. The molecule has 1 fully saturated rings. The molecule has 0 saturated heterocycles. The van der Waals surface area contributed by atoms with E-state index in [1.54, 1.807) is 14.2 Å². The normalized spacial score (nSPS) is 21.4. The Morgan fingerprint density at radius 3 is 2.21 bits per heavy atom. The lowest BCUT2D eigenvalue weighted by molar-refractivity contribution is -0.102. The Hall–Kier alpha value is -0.120. The van der Waals surface area contributed by atoms with Crippen molar-refractivity contribution >= 4 is 0 Å². The predicted molar refractivity (Wildman–Crippen MR) is 57.3 cm³/mol. The summed E-state index contributed by atoms with van der Waals surface area (Å²) < 4.78 is 10.3. The zero-order valence-electron chi connectivity index (χ0n) is 9.64. The first kappa shape index (κ1) is 12.0. The summed E-state index contributed by atoms with van der Waals surface area (Å²) in [6, 6.07) is 0. The van der Waals surface area contributed by atoms with E-state index in [2.05, 4.69) is 12.2 Å². The Morgan fingerprint density at radius 2 is 1.71 bits per heavy atom. The second-order valence-electron chi connectivity index (χ2n) is 4.40. The van der Waals surface area contributed by atoms with Crippen molar-refractivity contribution in [3.8, 4) is 0 Å². The highest BCUT2D eigenvalue weighted by Gasteiger charge is 2.26. The van der Waals surface area contributed by atoms with Gasteiger partial charge in [-0.3, -0.25) is 0 Å². The minimum absolute atomic E-state index is 0.117. The van der Waals surface area contributed by atoms with Gasteiger partial charge in [0.2, 0.25) is 0 Å². The maximum atomic E-state index is 5.15. The molecule has 0 bridgehead atoms. The van der Waals surface area contributed by atoms with Crippen molar-refractivity contribution in [1.29, 1.82) is 0 Å². The molecule has 3 heteroatoms. The van der Waals surface area contributed by atoms with Gasteiger partial charge in [-0.05, 0) is 19.8 Å². The van der Waals surface area contributed by atoms with Gasteiger partial charge in [-0.25, -0.2) is 0 Å². The lowest BCUT2D eigenvalue weighted by Crippen LogP contribution is -2.47. The Balaban J connectivity index is 2.27. The number of hydrogen-bond acceptors (Lipinski definition) is 3. The van der Waals surface area contributed by atoms with E-state index in [1.165, 1.54) is 32.1 Å². The molecule has 0 atom stereocenters. The van der Waals surface area contributed by atoms with Crippen LogP contribution in [-0.2, 0) is 9.47 Å². The van der Waals surface area contributed by atoms with E-state index in [-0.39, 0.29) is 6.29 Å². The fourth-order valence-electron chi connectivity index (χ4n) is 2.10. The molecule has 1 saturated carbocycles. The van der Waals surface area contributed by atoms with Gasteiger partial charge >= 0.3 is 0 Å². The van der Waals surface area contributed by atoms with E-state index < -0.39 is 0 Å². The van der Waals surface area contributed by atoms with Gasteiger partial charge in [-0.1, -0.05) is 19.3 Å². The minimum atomic E-state index is -0.117. The van der Waals surface area contributed by atoms with Crippen LogP contribution < -0.4 is 5.32 Å². The maximum Gasteiger partial charge on any atom is 0.169 e. The van der Waals surface area contributed by atoms with Gasteiger partial charge in [0, 0.05) is 26.3 Å². The molecule has 0 unspecified atom stereocenters. The molecular formula is C11H23NO2. The molecule has 1 aliphatic carbocycles. The van der Waals surface area contributed by atoms with Crippen molar-refractivity contribution in [2.45, 2.75) is 50.9 Å². The van der Waals surface area contributed by atoms with Gasteiger partial charge in [0.15, 0.2) is 6.29 Å². The highest BCUT2D eigenvalue weighted by molar-refractivity contribution is 4.86. The van der Waals surface area contributed by atoms with Crippen LogP contribution in [0.25, 0.3) is 0 Å². The first-order valence-corrected chi connectivity index (χ1v) is 5.51. The van der Waals surface area contributed by atoms with E-state index in [4.69, 9.17) is 9.47 Å². The smallest absolute Gasteiger partial charge is 0.169 e. The van der Waals surface area contributed by atoms with E-state index in [9.17, 15) is 0 Å². The summed E-state index contributed by atoms with van der Waals surface area (Å²) in [5.74, 6) is 0. The zero-order chi connectivity index (χ0) is 10.4. The third-order valence-electron chi connectivity index (χ3n) is 3.18. The Bertz CT molecular complexity index is 151. The van der Waals surface area contributed by atoms with Crippen molar-refractivity contribution in [3.63, 3.8) is 0 Å². The fourth-order valence-corrected chi connectivity index (χ4v) is 2.10. The first-order chi connectivity index (χ1) is 6.70. The van der Waals surface area contributed by atoms with Crippen molar-refractivity contribution in [3.05, 3.63) is 0 Å². The molecule has 0 radical (unpaired) electrons. The molecule has 84 valence electrons. The zero-order valence-corrected chi connectivity index (χ0v) is 9.64. The van der Waals surface area contributed by atoms with Crippen molar-refractivity contribution in [2.24, 2.45) is 0 Å². The molecule has 1 rings (SSSR count). The summed E-state index contributed by atoms with van der Waals surface area (Å²) in [6.07, 6.45) is 6.49. The van der Waals surface area contributed by atoms with E-state index in [0.717, 1.165) is 6.54 Å². The second kappa shape index (κ2) is 5.69. The van der Waals surface area contributed by atoms with Crippen LogP contribution in [0.4, 0.5) is 0 Å². The topological polar surface area (TPSA) is 30.5 Å². The first-order valence-electron chi connectivity index (χ1n) is 5.51. The van der Waals surface area contributed by atoms with E-state index >= 15 is 0 Å². The summed E-state index contributed by atoms with van der Waals surface area (Å²) >= 11 is 0. The molecule has 14 heavy (non-hydrogen) atoms. The lowest BCUT2D eigenvalue weighted by Gasteiger charge is -2.35. The average molecular weight is 201 g/mol. The lowest BCUT2D eigenvalue weighted by atomic mass is 9.83. The van der Waals surface area contributed by atoms with Gasteiger partial charge in [0.1, 0.15) is 0 Å². The number of methoxy groups -OCH3 is 2. The molecule has 0 aliphatic heterocycles. The molecule has 0 aromatic carbocycles. The standard InChI is InChI=1S/C11H23NO2/c1-11(7-5-4-6-8-11)12-9-10(13-2)14-3/h10,12H,4-9H2,1-3H3. The predicted octanol–water partition coefficient (Wildman–Crippen LogP) is 1.92.